The number of amides is 2. The van der Waals surface area contributed by atoms with Crippen molar-refractivity contribution in [1.29, 1.82) is 0 Å². The van der Waals surface area contributed by atoms with E-state index in [9.17, 15) is 14.4 Å². The lowest BCUT2D eigenvalue weighted by Gasteiger charge is -2.23. The van der Waals surface area contributed by atoms with Crippen LogP contribution in [0.3, 0.4) is 0 Å². The Morgan fingerprint density at radius 2 is 1.45 bits per heavy atom. The summed E-state index contributed by atoms with van der Waals surface area (Å²) in [7, 11) is 0. The van der Waals surface area contributed by atoms with Crippen molar-refractivity contribution in [2.75, 3.05) is 19.7 Å². The van der Waals surface area contributed by atoms with E-state index in [0.29, 0.717) is 13.1 Å². The molecule has 0 N–H and O–H groups in total. The summed E-state index contributed by atoms with van der Waals surface area (Å²) in [6.45, 7) is 9.71. The molecule has 9 heteroatoms. The van der Waals surface area contributed by atoms with Crippen molar-refractivity contribution in [2.24, 2.45) is 16.8 Å². The first-order valence-corrected chi connectivity index (χ1v) is 10.2. The average Bonchev–Trinajstić information content (AvgIpc) is 3.06. The van der Waals surface area contributed by atoms with Crippen molar-refractivity contribution in [3.63, 3.8) is 0 Å². The number of carbonyl (C=O) groups is 3. The summed E-state index contributed by atoms with van der Waals surface area (Å²) in [5.41, 5.74) is 0.379. The third-order valence-electron chi connectivity index (χ3n) is 4.29. The Morgan fingerprint density at radius 3 is 1.83 bits per heavy atom. The van der Waals surface area contributed by atoms with Crippen molar-refractivity contribution in [2.45, 2.75) is 34.6 Å². The predicted octanol–water partition coefficient (Wildman–Crippen LogP) is 4.14. The molecule has 0 radical (unpaired) electrons. The highest BCUT2D eigenvalue weighted by Crippen LogP contribution is 2.36. The van der Waals surface area contributed by atoms with Crippen LogP contribution < -0.4 is 0 Å². The number of nitrogens with zero attached hydrogens (tertiary/aromatic N) is 3. The number of hydrogen-bond donors (Lipinski definition) is 0. The smallest absolute Gasteiger partial charge is 0.338 e. The van der Waals surface area contributed by atoms with Crippen LogP contribution >= 0.6 is 23.2 Å². The largest absolute Gasteiger partial charge is 0.462 e. The standard InChI is InChI=1S/C20H25Cl2N3O4/c1-6-29-19(28)13-9-14(21)16(15(22)10-13)23-20-24(17(26)11(2)3)7-8-25(20)18(27)12(4)5/h9-12H,6-8H2,1-5H3. The van der Waals surface area contributed by atoms with E-state index < -0.39 is 5.97 Å². The lowest BCUT2D eigenvalue weighted by molar-refractivity contribution is -0.130. The van der Waals surface area contributed by atoms with Crippen LogP contribution in [0.25, 0.3) is 0 Å². The van der Waals surface area contributed by atoms with Crippen LogP contribution in [0.5, 0.6) is 0 Å². The van der Waals surface area contributed by atoms with Crippen LogP contribution in [0.4, 0.5) is 5.69 Å². The first-order chi connectivity index (χ1) is 13.6. The summed E-state index contributed by atoms with van der Waals surface area (Å²) in [5, 5.41) is 0.239. The molecule has 1 fully saturated rings. The second-order valence-electron chi connectivity index (χ2n) is 7.21. The number of carbonyl (C=O) groups excluding carboxylic acids is 3. The zero-order valence-corrected chi connectivity index (χ0v) is 18.7. The van der Waals surface area contributed by atoms with Gasteiger partial charge in [0.05, 0.1) is 22.2 Å². The van der Waals surface area contributed by atoms with Gasteiger partial charge in [0.15, 0.2) is 0 Å². The molecule has 2 rings (SSSR count). The fraction of sp³-hybridized carbons (Fsp3) is 0.500. The van der Waals surface area contributed by atoms with Gasteiger partial charge in [-0.05, 0) is 19.1 Å². The Kier molecular flexibility index (Phi) is 7.66. The van der Waals surface area contributed by atoms with Crippen LogP contribution in [-0.4, -0.2) is 53.2 Å². The highest BCUT2D eigenvalue weighted by atomic mass is 35.5. The van der Waals surface area contributed by atoms with E-state index in [4.69, 9.17) is 27.9 Å². The molecule has 2 amide bonds. The van der Waals surface area contributed by atoms with E-state index >= 15 is 0 Å². The van der Waals surface area contributed by atoms with E-state index in [-0.39, 0.29) is 57.5 Å². The fourth-order valence-corrected chi connectivity index (χ4v) is 3.38. The highest BCUT2D eigenvalue weighted by molar-refractivity contribution is 6.39. The monoisotopic (exact) mass is 441 g/mol. The molecule has 1 aliphatic heterocycles. The molecular formula is C20H25Cl2N3O4. The van der Waals surface area contributed by atoms with Gasteiger partial charge in [-0.2, -0.15) is 0 Å². The van der Waals surface area contributed by atoms with E-state index in [1.54, 1.807) is 34.6 Å². The maximum atomic E-state index is 12.6. The Bertz CT molecular complexity index is 799. The van der Waals surface area contributed by atoms with Gasteiger partial charge in [-0.25, -0.2) is 9.79 Å². The fourth-order valence-electron chi connectivity index (χ4n) is 2.81. The number of ether oxygens (including phenoxy) is 1. The summed E-state index contributed by atoms with van der Waals surface area (Å²) in [4.78, 5) is 44.7. The minimum atomic E-state index is -0.551. The van der Waals surface area contributed by atoms with Gasteiger partial charge in [0.1, 0.15) is 5.69 Å². The van der Waals surface area contributed by atoms with Crippen molar-refractivity contribution in [3.8, 4) is 0 Å². The van der Waals surface area contributed by atoms with Gasteiger partial charge in [-0.15, -0.1) is 0 Å². The molecule has 1 heterocycles. The summed E-state index contributed by atoms with van der Waals surface area (Å²) in [6, 6.07) is 2.81. The predicted molar refractivity (Wildman–Crippen MR) is 113 cm³/mol. The second kappa shape index (κ2) is 9.59. The molecule has 29 heavy (non-hydrogen) atoms. The number of guanidine groups is 1. The highest BCUT2D eigenvalue weighted by Gasteiger charge is 2.37. The van der Waals surface area contributed by atoms with Gasteiger partial charge in [-0.3, -0.25) is 19.4 Å². The van der Waals surface area contributed by atoms with Gasteiger partial charge < -0.3 is 4.74 Å². The molecule has 0 atom stereocenters. The average molecular weight is 442 g/mol. The summed E-state index contributed by atoms with van der Waals surface area (Å²) < 4.78 is 4.96. The van der Waals surface area contributed by atoms with E-state index in [2.05, 4.69) is 4.99 Å². The summed E-state index contributed by atoms with van der Waals surface area (Å²) in [5.74, 6) is -1.21. The van der Waals surface area contributed by atoms with Crippen LogP contribution in [0.1, 0.15) is 45.0 Å². The van der Waals surface area contributed by atoms with Crippen molar-refractivity contribution < 1.29 is 19.1 Å². The van der Waals surface area contributed by atoms with Gasteiger partial charge in [-0.1, -0.05) is 50.9 Å². The van der Waals surface area contributed by atoms with Crippen molar-refractivity contribution in [1.82, 2.24) is 9.80 Å². The third kappa shape index (κ3) is 5.08. The molecular weight excluding hydrogens is 417 g/mol. The number of benzene rings is 1. The zero-order chi connectivity index (χ0) is 21.9. The molecule has 0 aliphatic carbocycles. The third-order valence-corrected chi connectivity index (χ3v) is 4.87. The van der Waals surface area contributed by atoms with E-state index in [1.807, 2.05) is 0 Å². The number of rotatable bonds is 5. The van der Waals surface area contributed by atoms with Gasteiger partial charge >= 0.3 is 5.97 Å². The molecule has 0 saturated carbocycles. The lowest BCUT2D eigenvalue weighted by atomic mass is 10.2. The first kappa shape index (κ1) is 23.2. The van der Waals surface area contributed by atoms with Gasteiger partial charge in [0.25, 0.3) is 0 Å². The Hall–Kier alpha value is -2.12. The van der Waals surface area contributed by atoms with Crippen LogP contribution in [0.2, 0.25) is 10.0 Å². The molecule has 0 bridgehead atoms. The normalized spacial score (nSPS) is 14.0. The number of esters is 1. The van der Waals surface area contributed by atoms with Crippen molar-refractivity contribution >= 4 is 52.6 Å². The number of hydrogen-bond acceptors (Lipinski definition) is 5. The first-order valence-electron chi connectivity index (χ1n) is 9.46. The SMILES string of the molecule is CCOC(=O)c1cc(Cl)c(N=C2N(C(=O)C(C)C)CCN2C(=O)C(C)C)c(Cl)c1. The van der Waals surface area contributed by atoms with Crippen molar-refractivity contribution in [3.05, 3.63) is 27.7 Å². The van der Waals surface area contributed by atoms with Crippen LogP contribution in [0, 0.1) is 11.8 Å². The molecule has 158 valence electrons. The minimum absolute atomic E-state index is 0.119. The molecule has 1 aromatic rings. The molecule has 0 unspecified atom stereocenters. The quantitative estimate of drug-likeness (QED) is 0.642. The molecule has 7 nitrogen and oxygen atoms in total. The van der Waals surface area contributed by atoms with Gasteiger partial charge in [0.2, 0.25) is 17.8 Å². The zero-order valence-electron chi connectivity index (χ0n) is 17.2. The molecule has 1 saturated heterocycles. The Labute approximate surface area is 180 Å². The van der Waals surface area contributed by atoms with Crippen LogP contribution in [0.15, 0.2) is 17.1 Å². The lowest BCUT2D eigenvalue weighted by Crippen LogP contribution is -2.43. The van der Waals surface area contributed by atoms with Crippen LogP contribution in [-0.2, 0) is 14.3 Å². The molecule has 0 spiro atoms. The van der Waals surface area contributed by atoms with Gasteiger partial charge in [0, 0.05) is 24.9 Å². The minimum Gasteiger partial charge on any atom is -0.462 e. The van der Waals surface area contributed by atoms with E-state index in [1.165, 1.54) is 21.9 Å². The second-order valence-corrected chi connectivity index (χ2v) is 8.02. The maximum Gasteiger partial charge on any atom is 0.338 e. The summed E-state index contributed by atoms with van der Waals surface area (Å²) in [6.07, 6.45) is 0. The summed E-state index contributed by atoms with van der Waals surface area (Å²) >= 11 is 12.7. The number of halogens is 2. The number of aliphatic imine (C=N–C) groups is 1. The molecule has 0 aromatic heterocycles. The Balaban J connectivity index is 2.54. The topological polar surface area (TPSA) is 79.3 Å². The molecule has 1 aromatic carbocycles. The maximum absolute atomic E-state index is 12.6. The molecule has 1 aliphatic rings. The van der Waals surface area contributed by atoms with E-state index in [0.717, 1.165) is 0 Å². The Morgan fingerprint density at radius 1 is 1.00 bits per heavy atom.